The summed E-state index contributed by atoms with van der Waals surface area (Å²) < 4.78 is 1.34. The second-order valence-corrected chi connectivity index (χ2v) is 8.56. The number of thiophene rings is 1. The second-order valence-electron chi connectivity index (χ2n) is 7.20. The van der Waals surface area contributed by atoms with Crippen molar-refractivity contribution in [2.24, 2.45) is 0 Å². The van der Waals surface area contributed by atoms with E-state index in [1.807, 2.05) is 6.07 Å². The van der Waals surface area contributed by atoms with Crippen LogP contribution in [-0.2, 0) is 29.0 Å². The Morgan fingerprint density at radius 1 is 1.03 bits per heavy atom. The zero-order valence-electron chi connectivity index (χ0n) is 17.0. The lowest BCUT2D eigenvalue weighted by atomic mass is 10.0. The van der Waals surface area contributed by atoms with Crippen LogP contribution in [0.2, 0.25) is 5.02 Å². The molecule has 0 bridgehead atoms. The quantitative estimate of drug-likeness (QED) is 0.422. The molecule has 4 rings (SSSR count). The average Bonchev–Trinajstić information content (AvgIpc) is 3.10. The van der Waals surface area contributed by atoms with Gasteiger partial charge in [0.2, 0.25) is 0 Å². The highest BCUT2D eigenvalue weighted by Crippen LogP contribution is 2.32. The van der Waals surface area contributed by atoms with Crippen LogP contribution in [0.4, 0.5) is 5.69 Å². The molecule has 0 radical (unpaired) electrons. The Labute approximate surface area is 189 Å². The zero-order chi connectivity index (χ0) is 22.2. The summed E-state index contributed by atoms with van der Waals surface area (Å²) in [4.78, 5) is 19.3. The molecule has 1 aromatic heterocycles. The summed E-state index contributed by atoms with van der Waals surface area (Å²) in [5.74, 6) is -2.15. The van der Waals surface area contributed by atoms with Crippen LogP contribution in [0.15, 0.2) is 41.8 Å². The molecule has 1 aliphatic rings. The van der Waals surface area contributed by atoms with Gasteiger partial charge in [0.25, 0.3) is 0 Å². The molecule has 0 unspecified atom stereocenters. The molecule has 2 aromatic carbocycles. The number of hydrogen-bond acceptors (Lipinski definition) is 5. The van der Waals surface area contributed by atoms with Crippen molar-refractivity contribution in [2.45, 2.75) is 32.2 Å². The molecule has 0 aliphatic carbocycles. The highest BCUT2D eigenvalue weighted by molar-refractivity contribution is 7.17. The van der Waals surface area contributed by atoms with E-state index < -0.39 is 11.9 Å². The SMILES string of the molecule is Clc1ccc2c(c1NCc1cccc3sccc13)CCNCC2.O=C(O)CCC(=O)O. The summed E-state index contributed by atoms with van der Waals surface area (Å²) in [6.45, 7) is 2.86. The maximum Gasteiger partial charge on any atom is 0.303 e. The molecule has 0 spiro atoms. The third kappa shape index (κ3) is 6.43. The Hall–Kier alpha value is -2.61. The summed E-state index contributed by atoms with van der Waals surface area (Å²) in [5, 5.41) is 27.2. The first-order valence-corrected chi connectivity index (χ1v) is 11.3. The molecule has 31 heavy (non-hydrogen) atoms. The van der Waals surface area contributed by atoms with E-state index >= 15 is 0 Å². The van der Waals surface area contributed by atoms with Crippen molar-refractivity contribution in [1.82, 2.24) is 5.32 Å². The number of carboxylic acid groups (broad SMARTS) is 2. The molecule has 3 aromatic rings. The number of halogens is 1. The minimum atomic E-state index is -1.08. The Bertz CT molecular complexity index is 1050. The van der Waals surface area contributed by atoms with Gasteiger partial charge in [0.15, 0.2) is 0 Å². The first-order valence-electron chi connectivity index (χ1n) is 10.1. The molecule has 0 atom stereocenters. The van der Waals surface area contributed by atoms with E-state index in [1.165, 1.54) is 26.8 Å². The minimum absolute atomic E-state index is 0.296. The van der Waals surface area contributed by atoms with Gasteiger partial charge in [-0.25, -0.2) is 0 Å². The average molecular weight is 461 g/mol. The third-order valence-corrected chi connectivity index (χ3v) is 6.27. The zero-order valence-corrected chi connectivity index (χ0v) is 18.6. The van der Waals surface area contributed by atoms with Gasteiger partial charge >= 0.3 is 11.9 Å². The van der Waals surface area contributed by atoms with Crippen LogP contribution >= 0.6 is 22.9 Å². The first-order chi connectivity index (χ1) is 15.0. The van der Waals surface area contributed by atoms with E-state index in [-0.39, 0.29) is 12.8 Å². The lowest BCUT2D eigenvalue weighted by molar-refractivity contribution is -0.143. The maximum atomic E-state index is 9.64. The topological polar surface area (TPSA) is 98.7 Å². The van der Waals surface area contributed by atoms with Crippen LogP contribution in [0.1, 0.15) is 29.5 Å². The molecule has 0 fully saturated rings. The van der Waals surface area contributed by atoms with Gasteiger partial charge in [0.1, 0.15) is 0 Å². The Morgan fingerprint density at radius 3 is 2.52 bits per heavy atom. The number of carboxylic acids is 2. The van der Waals surface area contributed by atoms with Gasteiger partial charge in [-0.15, -0.1) is 11.3 Å². The summed E-state index contributed by atoms with van der Waals surface area (Å²) >= 11 is 8.29. The molecule has 4 N–H and O–H groups in total. The van der Waals surface area contributed by atoms with Crippen molar-refractivity contribution in [1.29, 1.82) is 0 Å². The van der Waals surface area contributed by atoms with Gasteiger partial charge in [-0.2, -0.15) is 0 Å². The van der Waals surface area contributed by atoms with Crippen molar-refractivity contribution in [3.63, 3.8) is 0 Å². The fourth-order valence-corrected chi connectivity index (χ4v) is 4.62. The molecule has 0 saturated heterocycles. The number of hydrogen-bond donors (Lipinski definition) is 4. The Morgan fingerprint density at radius 2 is 1.77 bits per heavy atom. The van der Waals surface area contributed by atoms with E-state index in [0.29, 0.717) is 0 Å². The fraction of sp³-hybridized carbons (Fsp3) is 0.304. The second kappa shape index (κ2) is 11.1. The van der Waals surface area contributed by atoms with Crippen LogP contribution in [0, 0.1) is 0 Å². The van der Waals surface area contributed by atoms with E-state index in [0.717, 1.165) is 43.2 Å². The highest BCUT2D eigenvalue weighted by Gasteiger charge is 2.15. The van der Waals surface area contributed by atoms with E-state index in [2.05, 4.69) is 46.3 Å². The standard InChI is InChI=1S/C19H19ClN2S.C4H6O4/c20-17-5-4-13-6-9-21-10-7-16(13)19(17)22-12-14-2-1-3-18-15(14)8-11-23-18;5-3(6)1-2-4(7)8/h1-5,8,11,21-22H,6-7,9-10,12H2;1-2H2,(H,5,6)(H,7,8). The van der Waals surface area contributed by atoms with Gasteiger partial charge in [-0.3, -0.25) is 9.59 Å². The predicted octanol–water partition coefficient (Wildman–Crippen LogP) is 4.79. The monoisotopic (exact) mass is 460 g/mol. The van der Waals surface area contributed by atoms with Crippen LogP contribution < -0.4 is 10.6 Å². The van der Waals surface area contributed by atoms with Crippen LogP contribution in [0.3, 0.4) is 0 Å². The van der Waals surface area contributed by atoms with Crippen molar-refractivity contribution in [3.05, 3.63) is 63.5 Å². The predicted molar refractivity (Wildman–Crippen MR) is 125 cm³/mol. The smallest absolute Gasteiger partial charge is 0.303 e. The number of carbonyl (C=O) groups is 2. The van der Waals surface area contributed by atoms with Crippen molar-refractivity contribution in [2.75, 3.05) is 18.4 Å². The molecular weight excluding hydrogens is 436 g/mol. The Kier molecular flexibility index (Phi) is 8.28. The molecular formula is C23H25ClN2O4S. The van der Waals surface area contributed by atoms with Gasteiger partial charge in [-0.05, 0) is 71.6 Å². The van der Waals surface area contributed by atoms with Gasteiger partial charge in [-0.1, -0.05) is 29.8 Å². The lowest BCUT2D eigenvalue weighted by Crippen LogP contribution is -2.16. The Balaban J connectivity index is 0.000000293. The number of rotatable bonds is 6. The largest absolute Gasteiger partial charge is 0.481 e. The number of anilines is 1. The van der Waals surface area contributed by atoms with Crippen LogP contribution in [0.25, 0.3) is 10.1 Å². The summed E-state index contributed by atoms with van der Waals surface area (Å²) in [5.41, 5.74) is 5.22. The van der Waals surface area contributed by atoms with Gasteiger partial charge in [0, 0.05) is 11.2 Å². The highest BCUT2D eigenvalue weighted by atomic mass is 35.5. The number of benzene rings is 2. The number of nitrogens with one attached hydrogen (secondary N) is 2. The maximum absolute atomic E-state index is 9.64. The van der Waals surface area contributed by atoms with Gasteiger partial charge < -0.3 is 20.8 Å². The number of fused-ring (bicyclic) bond motifs is 2. The summed E-state index contributed by atoms with van der Waals surface area (Å²) in [6, 6.07) is 12.9. The molecule has 2 heterocycles. The van der Waals surface area contributed by atoms with Crippen LogP contribution in [-0.4, -0.2) is 35.2 Å². The lowest BCUT2D eigenvalue weighted by Gasteiger charge is -2.16. The van der Waals surface area contributed by atoms with E-state index in [9.17, 15) is 9.59 Å². The molecule has 1 aliphatic heterocycles. The van der Waals surface area contributed by atoms with Crippen molar-refractivity contribution < 1.29 is 19.8 Å². The first kappa shape index (κ1) is 23.1. The van der Waals surface area contributed by atoms with Crippen LogP contribution in [0.5, 0.6) is 0 Å². The normalized spacial score (nSPS) is 12.9. The third-order valence-electron chi connectivity index (χ3n) is 5.08. The molecule has 8 heteroatoms. The molecule has 164 valence electrons. The summed E-state index contributed by atoms with van der Waals surface area (Å²) in [6.07, 6.45) is 1.51. The van der Waals surface area contributed by atoms with Crippen molar-refractivity contribution >= 4 is 50.6 Å². The molecule has 6 nitrogen and oxygen atoms in total. The van der Waals surface area contributed by atoms with Gasteiger partial charge in [0.05, 0.1) is 23.6 Å². The van der Waals surface area contributed by atoms with E-state index in [1.54, 1.807) is 11.3 Å². The number of aliphatic carboxylic acids is 2. The van der Waals surface area contributed by atoms with E-state index in [4.69, 9.17) is 21.8 Å². The summed E-state index contributed by atoms with van der Waals surface area (Å²) in [7, 11) is 0. The fourth-order valence-electron chi connectivity index (χ4n) is 3.54. The molecule has 0 amide bonds. The van der Waals surface area contributed by atoms with Crippen molar-refractivity contribution in [3.8, 4) is 0 Å². The minimum Gasteiger partial charge on any atom is -0.481 e. The molecule has 0 saturated carbocycles.